The van der Waals surface area contributed by atoms with E-state index in [1.165, 1.54) is 32.6 Å². The second-order valence-electron chi connectivity index (χ2n) is 35.1. The number of aliphatic hydroxyl groups excluding tert-OH is 8. The maximum Gasteiger partial charge on any atom is 0.328 e. The molecule has 4 rings (SSSR count). The zero-order chi connectivity index (χ0) is 102. The van der Waals surface area contributed by atoms with Crippen molar-refractivity contribution in [3.63, 3.8) is 0 Å². The van der Waals surface area contributed by atoms with Crippen LogP contribution < -0.4 is 96.5 Å². The number of nitrogens with zero attached hydrogens (tertiary/aromatic N) is 3. The van der Waals surface area contributed by atoms with Crippen molar-refractivity contribution in [1.82, 2.24) is 99.8 Å². The molecule has 50 heteroatoms. The minimum Gasteiger partial charge on any atom is -0.480 e. The second kappa shape index (κ2) is 56.5. The van der Waals surface area contributed by atoms with Crippen LogP contribution in [0.2, 0.25) is 0 Å². The first-order valence-corrected chi connectivity index (χ1v) is 45.0. The number of hydrogen-bond acceptors (Lipinski definition) is 30. The number of nitrogens with one attached hydrogen (secondary N) is 16. The number of carbonyl (C=O) groups is 20. The highest BCUT2D eigenvalue weighted by atomic mass is 16.4. The minimum absolute atomic E-state index is 0.0126. The van der Waals surface area contributed by atoms with Gasteiger partial charge in [0.2, 0.25) is 112 Å². The fraction of sp³-hybridized carbons (Fsp3) is 0.694. The molecule has 3 saturated heterocycles. The van der Waals surface area contributed by atoms with E-state index in [0.29, 0.717) is 24.8 Å². The fourth-order valence-corrected chi connectivity index (χ4v) is 14.8. The van der Waals surface area contributed by atoms with Crippen LogP contribution >= 0.6 is 0 Å². The van der Waals surface area contributed by atoms with E-state index >= 15 is 0 Å². The highest BCUT2D eigenvalue weighted by Crippen LogP contribution is 2.24. The first-order chi connectivity index (χ1) is 63.6. The van der Waals surface area contributed by atoms with Crippen molar-refractivity contribution in [3.8, 4) is 0 Å². The third-order valence-corrected chi connectivity index (χ3v) is 22.8. The smallest absolute Gasteiger partial charge is 0.328 e. The average Bonchev–Trinajstić information content (AvgIpc) is 1.71. The summed E-state index contributed by atoms with van der Waals surface area (Å²) in [6.45, 7) is 10.5. The zero-order valence-corrected chi connectivity index (χ0v) is 78.1. The molecule has 3 heterocycles. The Kier molecular flexibility index (Phi) is 48.4. The molecule has 0 saturated carbocycles. The Bertz CT molecular complexity index is 4240. The first-order valence-electron chi connectivity index (χ1n) is 45.0. The molecule has 50 nitrogen and oxygen atoms in total. The average molecular weight is 1920 g/mol. The van der Waals surface area contributed by atoms with Crippen LogP contribution in [0.15, 0.2) is 30.3 Å². The number of benzene rings is 1. The summed E-state index contributed by atoms with van der Waals surface area (Å²) in [4.78, 5) is 277. The molecule has 0 bridgehead atoms. The van der Waals surface area contributed by atoms with Gasteiger partial charge in [-0.25, -0.2) is 4.79 Å². The quantitative estimate of drug-likeness (QED) is 0.0269. The van der Waals surface area contributed by atoms with Gasteiger partial charge in [-0.3, -0.25) is 91.1 Å². The number of unbranched alkanes of at least 4 members (excludes halogenated alkanes) is 1. The van der Waals surface area contributed by atoms with Crippen molar-refractivity contribution in [2.24, 2.45) is 35.1 Å². The standard InChI is InChI=1S/C85H139N21O29/c1-40(2)31-50(69(118)90-45(10)83(132)105-29-19-25-59(105)77(126)96-53(35-108)72(121)99-57(39-112)85(134)135)92-76(125)60-26-20-30-106(60)84(133)51(32-48-21-14-13-15-22-48)93-79(128)63(42(5)6)100-73(122)56(38-111)97-75(124)58-24-18-28-104(58)61(115)33-88-68(117)49(23-16-17-27-86)91-81(130)65(46(11)113)102-74(123)55(37-110)94-67(116)44(9)89-70(119)52(34-107)95-71(120)54(36-109)98-80(129)64(43(7)8)101-82(131)66(47(12)114)103-78(127)62(87)41(3)4/h13-15,21-22,40-47,49-60,62-66,107-114H,16-20,23-39,86-87H2,1-12H3,(H,88,117)(H,89,119)(H,90,118)(H,91,130)(H,92,125)(H,93,128)(H,94,116)(H,95,120)(H,96,126)(H,97,124)(H,98,129)(H,99,121)(H,100,122)(H,101,131)(H,102,123)(H,103,127)(H,134,135)/t44-,45-,46+,47+,49-,50-,51-,52-,53-,54-,55-,56-,57-,58-,59-,60-,62-,63-,64-,65-,66-/m0/s1. The zero-order valence-electron chi connectivity index (χ0n) is 78.1. The highest BCUT2D eigenvalue weighted by molar-refractivity contribution is 6.02. The molecular formula is C85H139N21O29. The van der Waals surface area contributed by atoms with E-state index in [-0.39, 0.29) is 89.4 Å². The van der Waals surface area contributed by atoms with Crippen LogP contribution in [-0.2, 0) is 102 Å². The predicted octanol–water partition coefficient (Wildman–Crippen LogP) is -12.1. The Labute approximate surface area is 780 Å². The molecule has 0 aliphatic carbocycles. The normalized spacial score (nSPS) is 18.8. The largest absolute Gasteiger partial charge is 0.480 e. The van der Waals surface area contributed by atoms with E-state index in [4.69, 9.17) is 11.5 Å². The molecule has 0 unspecified atom stereocenters. The Hall–Kier alpha value is -11.8. The molecule has 21 atom stereocenters. The first kappa shape index (κ1) is 116. The number of likely N-dealkylation sites (tertiary alicyclic amines) is 3. The van der Waals surface area contributed by atoms with Crippen molar-refractivity contribution < 1.29 is 142 Å². The topological polar surface area (TPSA) is 778 Å². The minimum atomic E-state index is -1.93. The van der Waals surface area contributed by atoms with Gasteiger partial charge in [-0.05, 0) is 128 Å². The Balaban J connectivity index is 1.39. The van der Waals surface area contributed by atoms with Crippen molar-refractivity contribution in [1.29, 1.82) is 0 Å². The van der Waals surface area contributed by atoms with Gasteiger partial charge in [0.1, 0.15) is 109 Å². The number of rotatable bonds is 55. The van der Waals surface area contributed by atoms with Crippen molar-refractivity contribution >= 4 is 118 Å². The SMILES string of the molecule is CC(C)C[C@H](NC(=O)[C@@H]1CCCN1C(=O)[C@H](Cc1ccccc1)NC(=O)[C@@H](NC(=O)[C@H](CO)NC(=O)[C@@H]1CCCN1C(=O)CNC(=O)[C@H](CCCCN)NC(=O)[C@@H](NC(=O)[C@H](CO)NC(=O)[C@H](C)NC(=O)[C@H](CO)NC(=O)[C@H](CO)NC(=O)[C@@H](NC(=O)[C@@H](NC(=O)[C@@H](N)C(C)C)[C@@H](C)O)C(C)C)[C@@H](C)O)C(C)C)C(=O)N[C@@H](C)C(=O)N1CCC[C@H]1C(=O)N[C@@H](CO)C(=O)N[C@@H](CO)C(=O)O. The number of carboxylic acids is 1. The summed E-state index contributed by atoms with van der Waals surface area (Å²) in [5.41, 5.74) is 12.2. The van der Waals surface area contributed by atoms with Crippen LogP contribution in [0.4, 0.5) is 0 Å². The summed E-state index contributed by atoms with van der Waals surface area (Å²) in [5, 5.41) is 129. The molecular weight excluding hydrogens is 1780 g/mol. The molecule has 1 aromatic carbocycles. The van der Waals surface area contributed by atoms with Crippen molar-refractivity contribution in [2.75, 3.05) is 72.4 Å². The lowest BCUT2D eigenvalue weighted by Gasteiger charge is -2.32. The van der Waals surface area contributed by atoms with Crippen LogP contribution in [0.5, 0.6) is 0 Å². The van der Waals surface area contributed by atoms with Gasteiger partial charge in [0.25, 0.3) is 0 Å². The van der Waals surface area contributed by atoms with E-state index in [1.54, 1.807) is 71.9 Å². The van der Waals surface area contributed by atoms with Gasteiger partial charge < -0.3 is 157 Å². The van der Waals surface area contributed by atoms with Crippen molar-refractivity contribution in [2.45, 2.75) is 281 Å². The molecule has 3 aliphatic rings. The number of aliphatic hydroxyl groups is 8. The van der Waals surface area contributed by atoms with Gasteiger partial charge in [-0.1, -0.05) is 85.7 Å². The van der Waals surface area contributed by atoms with Gasteiger partial charge in [0.05, 0.1) is 64.4 Å². The lowest BCUT2D eigenvalue weighted by molar-refractivity contribution is -0.144. The van der Waals surface area contributed by atoms with Crippen LogP contribution in [0.1, 0.15) is 153 Å². The van der Waals surface area contributed by atoms with E-state index < -0.39 is 303 Å². The van der Waals surface area contributed by atoms with E-state index in [0.717, 1.165) is 23.6 Å². The number of carbonyl (C=O) groups excluding carboxylic acids is 19. The molecule has 1 aromatic rings. The third kappa shape index (κ3) is 35.1. The summed E-state index contributed by atoms with van der Waals surface area (Å²) in [7, 11) is 0. The molecule has 29 N–H and O–H groups in total. The maximum absolute atomic E-state index is 15.0. The number of amides is 19. The van der Waals surface area contributed by atoms with Crippen LogP contribution in [-0.4, -0.2) is 378 Å². The number of carboxylic acid groups (broad SMARTS) is 1. The van der Waals surface area contributed by atoms with Gasteiger partial charge in [0, 0.05) is 26.1 Å². The molecule has 758 valence electrons. The monoisotopic (exact) mass is 1920 g/mol. The summed E-state index contributed by atoms with van der Waals surface area (Å²) in [6.07, 6.45) is -1.93. The molecule has 0 spiro atoms. The summed E-state index contributed by atoms with van der Waals surface area (Å²) in [5.74, 6) is -22.4. The molecule has 0 radical (unpaired) electrons. The number of aliphatic carboxylic acids is 1. The van der Waals surface area contributed by atoms with Crippen LogP contribution in [0.25, 0.3) is 0 Å². The van der Waals surface area contributed by atoms with Crippen LogP contribution in [0.3, 0.4) is 0 Å². The van der Waals surface area contributed by atoms with Gasteiger partial charge in [-0.2, -0.15) is 0 Å². The van der Waals surface area contributed by atoms with Crippen molar-refractivity contribution in [3.05, 3.63) is 35.9 Å². The molecule has 19 amide bonds. The Morgan fingerprint density at radius 3 is 1.15 bits per heavy atom. The van der Waals surface area contributed by atoms with E-state index in [2.05, 4.69) is 79.8 Å². The van der Waals surface area contributed by atoms with E-state index in [9.17, 15) is 142 Å². The lowest BCUT2D eigenvalue weighted by atomic mass is 10.00. The van der Waals surface area contributed by atoms with E-state index in [1.807, 2.05) is 5.32 Å². The third-order valence-electron chi connectivity index (χ3n) is 22.8. The molecule has 0 aromatic heterocycles. The number of nitrogens with two attached hydrogens (primary N) is 2. The molecule has 135 heavy (non-hydrogen) atoms. The summed E-state index contributed by atoms with van der Waals surface area (Å²) >= 11 is 0. The van der Waals surface area contributed by atoms with Crippen LogP contribution in [0, 0.1) is 23.7 Å². The molecule has 3 fully saturated rings. The predicted molar refractivity (Wildman–Crippen MR) is 476 cm³/mol. The summed E-state index contributed by atoms with van der Waals surface area (Å²) in [6, 6.07) is -20.7. The summed E-state index contributed by atoms with van der Waals surface area (Å²) < 4.78 is 0. The van der Waals surface area contributed by atoms with Gasteiger partial charge in [0.15, 0.2) is 0 Å². The van der Waals surface area contributed by atoms with Gasteiger partial charge in [-0.15, -0.1) is 0 Å². The fourth-order valence-electron chi connectivity index (χ4n) is 14.8. The lowest BCUT2D eigenvalue weighted by Crippen LogP contribution is -2.63. The Morgan fingerprint density at radius 2 is 0.711 bits per heavy atom. The Morgan fingerprint density at radius 1 is 0.363 bits per heavy atom. The molecule has 3 aliphatic heterocycles. The second-order valence-corrected chi connectivity index (χ2v) is 35.1. The van der Waals surface area contributed by atoms with Gasteiger partial charge >= 0.3 is 5.97 Å². The highest BCUT2D eigenvalue weighted by Gasteiger charge is 2.46. The number of hydrogen-bond donors (Lipinski definition) is 27. The maximum atomic E-state index is 15.0.